The number of hydrogen-bond acceptors (Lipinski definition) is 14. The normalized spacial score (nSPS) is 11.7. The predicted octanol–water partition coefficient (Wildman–Crippen LogP) is 12.1. The van der Waals surface area contributed by atoms with Gasteiger partial charge in [0.2, 0.25) is 0 Å². The number of carbonyl (C=O) groups is 6. The zero-order valence-corrected chi connectivity index (χ0v) is 45.1. The van der Waals surface area contributed by atoms with Crippen molar-refractivity contribution in [2.75, 3.05) is 65.9 Å². The van der Waals surface area contributed by atoms with Crippen LogP contribution in [-0.2, 0) is 57.2 Å². The fourth-order valence-corrected chi connectivity index (χ4v) is 7.97. The van der Waals surface area contributed by atoms with E-state index >= 15 is 0 Å². The molecule has 1 atom stereocenters. The average Bonchev–Trinajstić information content (AvgIpc) is 3.35. The highest BCUT2D eigenvalue weighted by Gasteiger charge is 2.21. The first kappa shape index (κ1) is 66.7. The summed E-state index contributed by atoms with van der Waals surface area (Å²) in [6.45, 7) is 10.2. The lowest BCUT2D eigenvalue weighted by atomic mass is 10.0. The molecular weight excluding hydrogens is 895 g/mol. The van der Waals surface area contributed by atoms with Crippen LogP contribution in [-0.4, -0.2) is 112 Å². The first-order valence-electron chi connectivity index (χ1n) is 28.3. The van der Waals surface area contributed by atoms with Gasteiger partial charge in [-0.25, -0.2) is 0 Å². The molecule has 0 spiro atoms. The van der Waals surface area contributed by atoms with Gasteiger partial charge in [-0.2, -0.15) is 0 Å². The van der Waals surface area contributed by atoms with Gasteiger partial charge >= 0.3 is 35.8 Å². The largest absolute Gasteiger partial charge is 0.465 e. The summed E-state index contributed by atoms with van der Waals surface area (Å²) in [4.78, 5) is 78.0. The van der Waals surface area contributed by atoms with Crippen molar-refractivity contribution >= 4 is 35.8 Å². The second-order valence-electron chi connectivity index (χ2n) is 19.4. The van der Waals surface area contributed by atoms with Crippen LogP contribution in [0.1, 0.15) is 246 Å². The molecule has 1 unspecified atom stereocenters. The lowest BCUT2D eigenvalue weighted by molar-refractivity contribution is -0.158. The Hall–Kier alpha value is -3.26. The van der Waals surface area contributed by atoms with Gasteiger partial charge in [0, 0.05) is 32.2 Å². The number of aliphatic hydroxyl groups is 1. The number of carbonyl (C=O) groups excluding carboxylic acids is 6. The SMILES string of the molecule is CCCCCCCCCCCCCCCCCC(=O)OCC(COC(=O)CCCCN(CCC)CCO)COC(=O)CCC(=O)OCC(COC(=O)CCCCCCC)COC(=O)CCCCCCC. The number of aliphatic hydroxyl groups excluding tert-OH is 1. The maximum Gasteiger partial charge on any atom is 0.306 e. The van der Waals surface area contributed by atoms with Crippen LogP contribution in [0.5, 0.6) is 0 Å². The lowest BCUT2D eigenvalue weighted by Crippen LogP contribution is -2.29. The minimum Gasteiger partial charge on any atom is -0.465 e. The molecule has 0 aromatic heterocycles. The van der Waals surface area contributed by atoms with Crippen molar-refractivity contribution in [3.05, 3.63) is 0 Å². The third-order valence-electron chi connectivity index (χ3n) is 12.4. The standard InChI is InChI=1S/C56H103NO13/c1-5-9-12-15-16-17-18-19-20-21-22-23-24-27-30-35-53(61)67-45-50(46-68-54(62)36-31-32-40-57(39-8-4)41-42-58)48-70-56(64)38-37-55(63)69-47-49(43-65-51(59)33-28-25-13-10-6-2)44-66-52(60)34-29-26-14-11-7-3/h49-50,58H,5-48H2,1-4H3. The molecule has 410 valence electrons. The summed E-state index contributed by atoms with van der Waals surface area (Å²) in [5.74, 6) is -3.99. The molecule has 0 aromatic rings. The van der Waals surface area contributed by atoms with E-state index in [1.165, 1.54) is 70.6 Å². The monoisotopic (exact) mass is 998 g/mol. The molecule has 0 rings (SSSR count). The number of esters is 6. The highest BCUT2D eigenvalue weighted by Crippen LogP contribution is 2.16. The molecule has 0 fully saturated rings. The molecule has 0 aliphatic heterocycles. The van der Waals surface area contributed by atoms with Gasteiger partial charge in [0.15, 0.2) is 0 Å². The predicted molar refractivity (Wildman–Crippen MR) is 276 cm³/mol. The van der Waals surface area contributed by atoms with Crippen LogP contribution >= 0.6 is 0 Å². The Balaban J connectivity index is 5.01. The van der Waals surface area contributed by atoms with Gasteiger partial charge < -0.3 is 38.4 Å². The number of rotatable bonds is 52. The summed E-state index contributed by atoms with van der Waals surface area (Å²) in [5.41, 5.74) is 0. The molecule has 14 nitrogen and oxygen atoms in total. The zero-order chi connectivity index (χ0) is 51.6. The van der Waals surface area contributed by atoms with E-state index in [2.05, 4.69) is 32.6 Å². The van der Waals surface area contributed by atoms with Crippen molar-refractivity contribution in [1.82, 2.24) is 4.90 Å². The van der Waals surface area contributed by atoms with Gasteiger partial charge in [-0.05, 0) is 51.6 Å². The number of unbranched alkanes of at least 4 members (excludes halogenated alkanes) is 23. The Morgan fingerprint density at radius 1 is 0.300 bits per heavy atom. The maximum atomic E-state index is 12.8. The summed E-state index contributed by atoms with van der Waals surface area (Å²) in [6.07, 6.45) is 31.2. The van der Waals surface area contributed by atoms with Crippen molar-refractivity contribution in [2.24, 2.45) is 11.8 Å². The minimum absolute atomic E-state index is 0.0783. The van der Waals surface area contributed by atoms with E-state index in [4.69, 9.17) is 28.4 Å². The maximum absolute atomic E-state index is 12.8. The molecule has 1 N–H and O–H groups in total. The Labute approximate surface area is 425 Å². The van der Waals surface area contributed by atoms with E-state index in [0.29, 0.717) is 13.0 Å². The van der Waals surface area contributed by atoms with Crippen molar-refractivity contribution in [2.45, 2.75) is 246 Å². The first-order valence-corrected chi connectivity index (χ1v) is 28.3. The summed E-state index contributed by atoms with van der Waals surface area (Å²) in [6, 6.07) is 0. The Kier molecular flexibility index (Phi) is 48.3. The molecule has 70 heavy (non-hydrogen) atoms. The zero-order valence-electron chi connectivity index (χ0n) is 45.1. The quantitative estimate of drug-likeness (QED) is 0.0345. The highest BCUT2D eigenvalue weighted by atomic mass is 16.6. The van der Waals surface area contributed by atoms with Crippen LogP contribution in [0, 0.1) is 11.8 Å². The summed E-state index contributed by atoms with van der Waals surface area (Å²) in [5, 5.41) is 9.32. The van der Waals surface area contributed by atoms with Gasteiger partial charge in [0.25, 0.3) is 0 Å². The molecule has 14 heteroatoms. The molecule has 0 radical (unpaired) electrons. The third kappa shape index (κ3) is 45.9. The van der Waals surface area contributed by atoms with Crippen molar-refractivity contribution in [1.29, 1.82) is 0 Å². The van der Waals surface area contributed by atoms with Gasteiger partial charge in [-0.1, -0.05) is 169 Å². The molecule has 0 bridgehead atoms. The van der Waals surface area contributed by atoms with E-state index in [1.807, 2.05) is 0 Å². The fourth-order valence-electron chi connectivity index (χ4n) is 7.97. The van der Waals surface area contributed by atoms with E-state index in [1.54, 1.807) is 0 Å². The average molecular weight is 998 g/mol. The first-order chi connectivity index (χ1) is 34.1. The number of nitrogens with zero attached hydrogens (tertiary/aromatic N) is 1. The van der Waals surface area contributed by atoms with E-state index in [9.17, 15) is 33.9 Å². The van der Waals surface area contributed by atoms with Gasteiger partial charge in [0.1, 0.15) is 39.6 Å². The second-order valence-corrected chi connectivity index (χ2v) is 19.4. The molecular formula is C56H103NO13. The molecule has 0 aliphatic carbocycles. The van der Waals surface area contributed by atoms with Crippen LogP contribution in [0.25, 0.3) is 0 Å². The molecule has 0 heterocycles. The topological polar surface area (TPSA) is 181 Å². The Morgan fingerprint density at radius 2 is 0.543 bits per heavy atom. The minimum atomic E-state index is -0.672. The van der Waals surface area contributed by atoms with Crippen LogP contribution in [0.15, 0.2) is 0 Å². The Bertz CT molecular complexity index is 1240. The van der Waals surface area contributed by atoms with Crippen molar-refractivity contribution < 1.29 is 62.3 Å². The van der Waals surface area contributed by atoms with E-state index < -0.39 is 29.7 Å². The lowest BCUT2D eigenvalue weighted by Gasteiger charge is -2.20. The summed E-state index contributed by atoms with van der Waals surface area (Å²) < 4.78 is 32.9. The number of hydrogen-bond donors (Lipinski definition) is 1. The van der Waals surface area contributed by atoms with E-state index in [-0.39, 0.29) is 103 Å². The van der Waals surface area contributed by atoms with Crippen LogP contribution < -0.4 is 0 Å². The summed E-state index contributed by atoms with van der Waals surface area (Å²) in [7, 11) is 0. The third-order valence-corrected chi connectivity index (χ3v) is 12.4. The smallest absolute Gasteiger partial charge is 0.306 e. The molecule has 0 aromatic carbocycles. The van der Waals surface area contributed by atoms with Crippen LogP contribution in [0.4, 0.5) is 0 Å². The number of ether oxygens (including phenoxy) is 6. The Morgan fingerprint density at radius 3 is 0.800 bits per heavy atom. The molecule has 0 amide bonds. The summed E-state index contributed by atoms with van der Waals surface area (Å²) >= 11 is 0. The highest BCUT2D eigenvalue weighted by molar-refractivity contribution is 5.77. The fraction of sp³-hybridized carbons (Fsp3) is 0.893. The molecule has 0 aliphatic rings. The van der Waals surface area contributed by atoms with Gasteiger partial charge in [-0.3, -0.25) is 28.8 Å². The van der Waals surface area contributed by atoms with Crippen molar-refractivity contribution in [3.63, 3.8) is 0 Å². The van der Waals surface area contributed by atoms with Crippen LogP contribution in [0.3, 0.4) is 0 Å². The van der Waals surface area contributed by atoms with Crippen molar-refractivity contribution in [3.8, 4) is 0 Å². The van der Waals surface area contributed by atoms with Gasteiger partial charge in [-0.15, -0.1) is 0 Å². The van der Waals surface area contributed by atoms with Crippen LogP contribution in [0.2, 0.25) is 0 Å². The molecule has 0 saturated heterocycles. The second kappa shape index (κ2) is 50.7. The van der Waals surface area contributed by atoms with E-state index in [0.717, 1.165) is 116 Å². The van der Waals surface area contributed by atoms with Gasteiger partial charge in [0.05, 0.1) is 31.3 Å². The molecule has 0 saturated carbocycles.